The van der Waals surface area contributed by atoms with Gasteiger partial charge in [-0.05, 0) is 31.5 Å². The molecule has 0 fully saturated rings. The van der Waals surface area contributed by atoms with Crippen LogP contribution in [0, 0.1) is 5.82 Å². The van der Waals surface area contributed by atoms with Crippen LogP contribution in [0.1, 0.15) is 30.5 Å². The van der Waals surface area contributed by atoms with Crippen LogP contribution >= 0.6 is 31.9 Å². The third-order valence-corrected chi connectivity index (χ3v) is 7.41. The van der Waals surface area contributed by atoms with Crippen molar-refractivity contribution in [1.82, 2.24) is 4.98 Å². The normalized spacial score (nSPS) is 17.9. The first-order valence-electron chi connectivity index (χ1n) is 7.93. The minimum atomic E-state index is -0.455. The van der Waals surface area contributed by atoms with Gasteiger partial charge in [0.25, 0.3) is 0 Å². The van der Waals surface area contributed by atoms with Crippen molar-refractivity contribution in [2.24, 2.45) is 4.99 Å². The van der Waals surface area contributed by atoms with Gasteiger partial charge in [-0.25, -0.2) is 4.39 Å². The largest absolute Gasteiger partial charge is 0.275 e. The first kappa shape index (κ1) is 16.9. The Balaban J connectivity index is 1.97. The summed E-state index contributed by atoms with van der Waals surface area (Å²) in [4.78, 5) is 9.33. The number of aliphatic imine (C=N–C) groups is 1. The second-order valence-electron chi connectivity index (χ2n) is 6.67. The minimum absolute atomic E-state index is 0.310. The molecule has 0 aliphatic carbocycles. The van der Waals surface area contributed by atoms with Gasteiger partial charge in [0.2, 0.25) is 0 Å². The van der Waals surface area contributed by atoms with Crippen LogP contribution in [0.15, 0.2) is 59.7 Å². The molecule has 3 aromatic rings. The van der Waals surface area contributed by atoms with Gasteiger partial charge in [-0.2, -0.15) is 0 Å². The summed E-state index contributed by atoms with van der Waals surface area (Å²) < 4.78 is 13.5. The number of aromatic nitrogens is 1. The number of benzene rings is 2. The van der Waals surface area contributed by atoms with Crippen LogP contribution in [0.5, 0.6) is 0 Å². The summed E-state index contributed by atoms with van der Waals surface area (Å²) in [6.45, 7) is 4.14. The molecule has 0 unspecified atom stereocenters. The van der Waals surface area contributed by atoms with Crippen molar-refractivity contribution in [2.75, 3.05) is 0 Å². The van der Waals surface area contributed by atoms with E-state index in [0.29, 0.717) is 5.52 Å². The molecule has 0 amide bonds. The summed E-state index contributed by atoms with van der Waals surface area (Å²) in [6, 6.07) is 15.1. The number of pyridine rings is 1. The van der Waals surface area contributed by atoms with Crippen LogP contribution in [-0.4, -0.2) is 16.2 Å². The highest BCUT2D eigenvalue weighted by Crippen LogP contribution is 2.53. The SMILES string of the molecule is CC1(C)N=C(c2cnc3c(F)cccc3c2)c2ccccc2C1(Br)Br. The highest BCUT2D eigenvalue weighted by atomic mass is 79.9. The zero-order valence-corrected chi connectivity index (χ0v) is 16.9. The number of para-hydroxylation sites is 1. The Morgan fingerprint density at radius 1 is 1.00 bits per heavy atom. The maximum absolute atomic E-state index is 13.9. The molecule has 0 spiro atoms. The third kappa shape index (κ3) is 2.56. The summed E-state index contributed by atoms with van der Waals surface area (Å²) in [6.07, 6.45) is 1.70. The summed E-state index contributed by atoms with van der Waals surface area (Å²) in [5.41, 5.74) is 3.86. The predicted octanol–water partition coefficient (Wildman–Crippen LogP) is 5.95. The van der Waals surface area contributed by atoms with E-state index in [1.807, 2.05) is 24.3 Å². The van der Waals surface area contributed by atoms with Crippen molar-refractivity contribution in [2.45, 2.75) is 22.6 Å². The number of hydrogen-bond acceptors (Lipinski definition) is 2. The van der Waals surface area contributed by atoms with Crippen molar-refractivity contribution in [3.63, 3.8) is 0 Å². The van der Waals surface area contributed by atoms with Gasteiger partial charge in [0, 0.05) is 22.7 Å². The number of fused-ring (bicyclic) bond motifs is 2. The van der Waals surface area contributed by atoms with Gasteiger partial charge < -0.3 is 0 Å². The summed E-state index contributed by atoms with van der Waals surface area (Å²) in [7, 11) is 0. The zero-order valence-electron chi connectivity index (χ0n) is 13.7. The van der Waals surface area contributed by atoms with E-state index in [-0.39, 0.29) is 5.82 Å². The average molecular weight is 462 g/mol. The smallest absolute Gasteiger partial charge is 0.149 e. The quantitative estimate of drug-likeness (QED) is 0.411. The first-order valence-corrected chi connectivity index (χ1v) is 9.52. The number of rotatable bonds is 1. The van der Waals surface area contributed by atoms with Crippen molar-refractivity contribution in [3.8, 4) is 0 Å². The van der Waals surface area contributed by atoms with E-state index in [9.17, 15) is 4.39 Å². The van der Waals surface area contributed by atoms with Crippen LogP contribution < -0.4 is 0 Å². The van der Waals surface area contributed by atoms with Gasteiger partial charge >= 0.3 is 0 Å². The Morgan fingerprint density at radius 3 is 2.56 bits per heavy atom. The summed E-state index contributed by atoms with van der Waals surface area (Å²) >= 11 is 7.61. The van der Waals surface area contributed by atoms with Crippen LogP contribution in [0.2, 0.25) is 0 Å². The molecule has 0 saturated heterocycles. The predicted molar refractivity (Wildman–Crippen MR) is 107 cm³/mol. The Bertz CT molecular complexity index is 1030. The van der Waals surface area contributed by atoms with Gasteiger partial charge in [-0.1, -0.05) is 68.3 Å². The molecule has 0 radical (unpaired) electrons. The number of hydrogen-bond donors (Lipinski definition) is 0. The molecule has 4 rings (SSSR count). The Hall–Kier alpha value is -1.59. The molecule has 2 nitrogen and oxygen atoms in total. The molecular formula is C20H15Br2FN2. The van der Waals surface area contributed by atoms with Crippen LogP contribution in [0.4, 0.5) is 4.39 Å². The molecule has 25 heavy (non-hydrogen) atoms. The minimum Gasteiger partial charge on any atom is -0.275 e. The molecule has 0 bridgehead atoms. The second kappa shape index (κ2) is 5.71. The van der Waals surface area contributed by atoms with Crippen LogP contribution in [-0.2, 0) is 3.23 Å². The van der Waals surface area contributed by atoms with Crippen molar-refractivity contribution >= 4 is 48.5 Å². The number of nitrogens with zero attached hydrogens (tertiary/aromatic N) is 2. The van der Waals surface area contributed by atoms with E-state index in [0.717, 1.165) is 27.8 Å². The number of halogens is 3. The molecule has 5 heteroatoms. The van der Waals surface area contributed by atoms with E-state index in [2.05, 4.69) is 62.8 Å². The molecular weight excluding hydrogens is 447 g/mol. The highest BCUT2D eigenvalue weighted by molar-refractivity contribution is 9.24. The Labute approximate surface area is 162 Å². The fraction of sp³-hybridized carbons (Fsp3) is 0.200. The molecule has 0 saturated carbocycles. The maximum Gasteiger partial charge on any atom is 0.149 e. The van der Waals surface area contributed by atoms with E-state index in [4.69, 9.17) is 4.99 Å². The van der Waals surface area contributed by atoms with Gasteiger partial charge in [0.05, 0.1) is 11.3 Å². The van der Waals surface area contributed by atoms with Crippen LogP contribution in [0.25, 0.3) is 10.9 Å². The molecule has 2 heterocycles. The van der Waals surface area contributed by atoms with Crippen molar-refractivity contribution < 1.29 is 4.39 Å². The van der Waals surface area contributed by atoms with E-state index < -0.39 is 8.77 Å². The van der Waals surface area contributed by atoms with Crippen LogP contribution in [0.3, 0.4) is 0 Å². The fourth-order valence-corrected chi connectivity index (χ4v) is 4.04. The second-order valence-corrected chi connectivity index (χ2v) is 10.1. The molecule has 1 aliphatic rings. The Morgan fingerprint density at radius 2 is 1.76 bits per heavy atom. The van der Waals surface area contributed by atoms with Gasteiger partial charge in [-0.3, -0.25) is 9.98 Å². The van der Waals surface area contributed by atoms with E-state index in [1.54, 1.807) is 12.3 Å². The van der Waals surface area contributed by atoms with E-state index in [1.165, 1.54) is 6.07 Å². The molecule has 1 aliphatic heterocycles. The fourth-order valence-electron chi connectivity index (χ4n) is 3.18. The van der Waals surface area contributed by atoms with E-state index >= 15 is 0 Å². The molecule has 0 atom stereocenters. The lowest BCUT2D eigenvalue weighted by molar-refractivity contribution is 0.485. The topological polar surface area (TPSA) is 25.2 Å². The molecule has 126 valence electrons. The standard InChI is InChI=1S/C20H15Br2FN2/c1-19(2)20(21,22)15-8-4-3-7-14(15)17(25-19)13-10-12-6-5-9-16(23)18(12)24-11-13/h3-11H,1-2H3. The average Bonchev–Trinajstić information content (AvgIpc) is 2.58. The number of alkyl halides is 2. The highest BCUT2D eigenvalue weighted by Gasteiger charge is 2.47. The Kier molecular flexibility index (Phi) is 3.85. The summed E-state index contributed by atoms with van der Waals surface area (Å²) in [5.74, 6) is -0.310. The van der Waals surface area contributed by atoms with Gasteiger partial charge in [-0.15, -0.1) is 0 Å². The molecule has 2 aromatic carbocycles. The summed E-state index contributed by atoms with van der Waals surface area (Å²) in [5, 5.41) is 0.769. The zero-order chi connectivity index (χ0) is 17.8. The molecule has 1 aromatic heterocycles. The van der Waals surface area contributed by atoms with Gasteiger partial charge in [0.15, 0.2) is 0 Å². The van der Waals surface area contributed by atoms with Gasteiger partial charge in [0.1, 0.15) is 14.6 Å². The van der Waals surface area contributed by atoms with Crippen molar-refractivity contribution in [1.29, 1.82) is 0 Å². The lowest BCUT2D eigenvalue weighted by Crippen LogP contribution is -2.41. The van der Waals surface area contributed by atoms with Crippen molar-refractivity contribution in [3.05, 3.63) is 77.2 Å². The lowest BCUT2D eigenvalue weighted by Gasteiger charge is -2.41. The monoisotopic (exact) mass is 460 g/mol. The lowest BCUT2D eigenvalue weighted by atomic mass is 9.85. The molecule has 0 N–H and O–H groups in total. The third-order valence-electron chi connectivity index (χ3n) is 4.62. The maximum atomic E-state index is 13.9. The first-order chi connectivity index (χ1) is 11.8.